The highest BCUT2D eigenvalue weighted by molar-refractivity contribution is 4.07. The molecule has 0 N–H and O–H groups in total. The van der Waals surface area contributed by atoms with E-state index in [-0.39, 0.29) is 29.7 Å². The quantitative estimate of drug-likeness (QED) is 0.566. The molecule has 0 rings (SSSR count). The van der Waals surface area contributed by atoms with E-state index in [0.29, 0.717) is 0 Å². The Hall–Kier alpha value is -0.0400. The molecule has 0 atom stereocenters. The maximum absolute atomic E-state index is 4.83. The van der Waals surface area contributed by atoms with E-state index in [4.69, 9.17) is 4.74 Å². The Morgan fingerprint density at radius 3 is 1.00 bits per heavy atom. The third-order valence-electron chi connectivity index (χ3n) is 0.408. The molecule has 0 aliphatic carbocycles. The van der Waals surface area contributed by atoms with Crippen LogP contribution in [0.3, 0.4) is 0 Å². The summed E-state index contributed by atoms with van der Waals surface area (Å²) in [4.78, 5) is 0. The van der Waals surface area contributed by atoms with Gasteiger partial charge in [-0.1, -0.05) is 29.7 Å². The van der Waals surface area contributed by atoms with Crippen LogP contribution in [-0.2, 0) is 4.74 Å². The highest BCUT2D eigenvalue weighted by atomic mass is 16.5. The summed E-state index contributed by atoms with van der Waals surface area (Å²) < 4.78 is 4.83. The Kier molecular flexibility index (Phi) is 177. The van der Waals surface area contributed by atoms with Gasteiger partial charge in [-0.15, -0.1) is 0 Å². The van der Waals surface area contributed by atoms with Gasteiger partial charge < -0.3 is 4.74 Å². The smallest absolute Gasteiger partial charge is 0.0437 e. The van der Waals surface area contributed by atoms with E-state index in [1.165, 1.54) is 0 Å². The van der Waals surface area contributed by atoms with Crippen LogP contribution in [0.4, 0.5) is 0 Å². The van der Waals surface area contributed by atoms with Gasteiger partial charge in [0.05, 0.1) is 0 Å². The summed E-state index contributed by atoms with van der Waals surface area (Å²) in [5, 5.41) is 0. The van der Waals surface area contributed by atoms with Crippen LogP contribution in [0.15, 0.2) is 0 Å². The molecule has 0 radical (unpaired) electrons. The lowest BCUT2D eigenvalue weighted by atomic mass is 10.8. The predicted octanol–water partition coefficient (Wildman–Crippen LogP) is 3.59. The van der Waals surface area contributed by atoms with E-state index in [1.54, 1.807) is 0 Å². The summed E-state index contributed by atoms with van der Waals surface area (Å²) in [6.45, 7) is 5.67. The van der Waals surface area contributed by atoms with Crippen molar-refractivity contribution in [3.05, 3.63) is 0 Å². The fourth-order valence-electron chi connectivity index (χ4n) is 0.204. The SMILES string of the molecule is C.C.C.C.CCOCC. The molecule has 0 aromatic carbocycles. The van der Waals surface area contributed by atoms with Crippen molar-refractivity contribution in [3.63, 3.8) is 0 Å². The minimum atomic E-state index is 0. The summed E-state index contributed by atoms with van der Waals surface area (Å²) in [6, 6.07) is 0. The average Bonchev–Trinajstić information content (AvgIpc) is 1.41. The lowest BCUT2D eigenvalue weighted by Gasteiger charge is -1.86. The first-order valence-electron chi connectivity index (χ1n) is 1.99. The largest absolute Gasteiger partial charge is 0.382 e. The van der Waals surface area contributed by atoms with Gasteiger partial charge in [0.1, 0.15) is 0 Å². The van der Waals surface area contributed by atoms with Crippen molar-refractivity contribution >= 4 is 0 Å². The van der Waals surface area contributed by atoms with Crippen LogP contribution in [-0.4, -0.2) is 13.2 Å². The predicted molar refractivity (Wildman–Crippen MR) is 49.1 cm³/mol. The van der Waals surface area contributed by atoms with Crippen LogP contribution in [0.5, 0.6) is 0 Å². The molecule has 9 heavy (non-hydrogen) atoms. The summed E-state index contributed by atoms with van der Waals surface area (Å²) in [6.07, 6.45) is 0. The van der Waals surface area contributed by atoms with Gasteiger partial charge in [-0.2, -0.15) is 0 Å². The zero-order valence-corrected chi connectivity index (χ0v) is 3.82. The Morgan fingerprint density at radius 1 is 0.778 bits per heavy atom. The molecule has 0 aliphatic heterocycles. The molecule has 1 heteroatoms. The summed E-state index contributed by atoms with van der Waals surface area (Å²) in [5.41, 5.74) is 0. The molecule has 0 amide bonds. The second-order valence-electron chi connectivity index (χ2n) is 0.781. The molecule has 0 bridgehead atoms. The van der Waals surface area contributed by atoms with Crippen molar-refractivity contribution < 1.29 is 4.74 Å². The van der Waals surface area contributed by atoms with E-state index in [1.807, 2.05) is 13.8 Å². The molecule has 0 unspecified atom stereocenters. The van der Waals surface area contributed by atoms with E-state index in [9.17, 15) is 0 Å². The third-order valence-corrected chi connectivity index (χ3v) is 0.408. The van der Waals surface area contributed by atoms with Gasteiger partial charge in [0.15, 0.2) is 0 Å². The first-order valence-corrected chi connectivity index (χ1v) is 1.99. The summed E-state index contributed by atoms with van der Waals surface area (Å²) in [5.74, 6) is 0. The Balaban J connectivity index is -0.0000000133. The molecule has 0 spiro atoms. The Morgan fingerprint density at radius 2 is 1.00 bits per heavy atom. The minimum absolute atomic E-state index is 0. The fourth-order valence-corrected chi connectivity index (χ4v) is 0.204. The van der Waals surface area contributed by atoms with Crippen LogP contribution >= 0.6 is 0 Å². The maximum Gasteiger partial charge on any atom is 0.0437 e. The number of ether oxygens (including phenoxy) is 1. The highest BCUT2D eigenvalue weighted by Gasteiger charge is 1.64. The van der Waals surface area contributed by atoms with Gasteiger partial charge in [-0.25, -0.2) is 0 Å². The second-order valence-corrected chi connectivity index (χ2v) is 0.781. The van der Waals surface area contributed by atoms with Gasteiger partial charge in [-0.05, 0) is 13.8 Å². The van der Waals surface area contributed by atoms with Crippen molar-refractivity contribution in [1.29, 1.82) is 0 Å². The van der Waals surface area contributed by atoms with Crippen molar-refractivity contribution in [1.82, 2.24) is 0 Å². The molecule has 0 aliphatic rings. The standard InChI is InChI=1S/C4H10O.4CH4/c1-3-5-4-2;;;;/h3-4H2,1-2H3;4*1H4. The van der Waals surface area contributed by atoms with Crippen LogP contribution < -0.4 is 0 Å². The monoisotopic (exact) mass is 138 g/mol. The third kappa shape index (κ3) is 73.6. The normalized spacial score (nSPS) is 4.67. The zero-order valence-electron chi connectivity index (χ0n) is 3.82. The van der Waals surface area contributed by atoms with E-state index in [0.717, 1.165) is 13.2 Å². The van der Waals surface area contributed by atoms with Crippen molar-refractivity contribution in [2.24, 2.45) is 0 Å². The molecule has 1 nitrogen and oxygen atoms in total. The van der Waals surface area contributed by atoms with Crippen LogP contribution in [0.2, 0.25) is 0 Å². The minimum Gasteiger partial charge on any atom is -0.382 e. The number of hydrogen-bond acceptors (Lipinski definition) is 1. The maximum atomic E-state index is 4.83. The van der Waals surface area contributed by atoms with E-state index < -0.39 is 0 Å². The molecule has 0 fully saturated rings. The molecule has 0 heterocycles. The zero-order chi connectivity index (χ0) is 4.12. The molecule has 0 saturated carbocycles. The average molecular weight is 138 g/mol. The van der Waals surface area contributed by atoms with Crippen molar-refractivity contribution in [3.8, 4) is 0 Å². The molecule has 0 aromatic rings. The van der Waals surface area contributed by atoms with Crippen molar-refractivity contribution in [2.75, 3.05) is 13.2 Å². The molecular weight excluding hydrogens is 112 g/mol. The second kappa shape index (κ2) is 44.0. The number of hydrogen-bond donors (Lipinski definition) is 0. The number of rotatable bonds is 2. The van der Waals surface area contributed by atoms with Crippen molar-refractivity contribution in [2.45, 2.75) is 43.6 Å². The van der Waals surface area contributed by atoms with Gasteiger partial charge in [0.2, 0.25) is 0 Å². The van der Waals surface area contributed by atoms with Gasteiger partial charge in [-0.3, -0.25) is 0 Å². The van der Waals surface area contributed by atoms with E-state index in [2.05, 4.69) is 0 Å². The van der Waals surface area contributed by atoms with Crippen LogP contribution in [0, 0.1) is 0 Å². The van der Waals surface area contributed by atoms with E-state index >= 15 is 0 Å². The summed E-state index contributed by atoms with van der Waals surface area (Å²) >= 11 is 0. The van der Waals surface area contributed by atoms with Gasteiger partial charge >= 0.3 is 0 Å². The lowest BCUT2D eigenvalue weighted by Crippen LogP contribution is -1.84. The van der Waals surface area contributed by atoms with Gasteiger partial charge in [0.25, 0.3) is 0 Å². The molecule has 0 saturated heterocycles. The molecular formula is C8H26O. The molecule has 64 valence electrons. The fraction of sp³-hybridized carbons (Fsp3) is 1.00. The highest BCUT2D eigenvalue weighted by Crippen LogP contribution is 1.64. The van der Waals surface area contributed by atoms with Crippen LogP contribution in [0.1, 0.15) is 43.6 Å². The Bertz CT molecular complexity index is 12.0. The lowest BCUT2D eigenvalue weighted by molar-refractivity contribution is 0.162. The Labute approximate surface area is 62.4 Å². The first-order chi connectivity index (χ1) is 2.41. The van der Waals surface area contributed by atoms with Crippen LogP contribution in [0.25, 0.3) is 0 Å². The topological polar surface area (TPSA) is 9.23 Å². The van der Waals surface area contributed by atoms with Gasteiger partial charge in [0, 0.05) is 13.2 Å². The summed E-state index contributed by atoms with van der Waals surface area (Å²) in [7, 11) is 0. The molecule has 0 aromatic heterocycles. The first kappa shape index (κ1) is 36.2.